The molecule has 25 heavy (non-hydrogen) atoms. The van der Waals surface area contributed by atoms with Crippen LogP contribution >= 0.6 is 0 Å². The van der Waals surface area contributed by atoms with Gasteiger partial charge in [-0.25, -0.2) is 4.58 Å². The second-order valence-electron chi connectivity index (χ2n) is 10.8. The van der Waals surface area contributed by atoms with Gasteiger partial charge >= 0.3 is 0 Å². The molecule has 0 rings (SSSR count). The van der Waals surface area contributed by atoms with Crippen LogP contribution in [0.1, 0.15) is 83.1 Å². The number of hydrogen-bond donors (Lipinski definition) is 0. The Hall–Kier alpha value is -1.03. The molecule has 0 radical (unpaired) electrons. The smallest absolute Gasteiger partial charge is 0.163 e. The summed E-state index contributed by atoms with van der Waals surface area (Å²) >= 11 is 0. The summed E-state index contributed by atoms with van der Waals surface area (Å²) < 4.78 is 2.21. The Kier molecular flexibility index (Phi) is 7.78. The van der Waals surface area contributed by atoms with Crippen molar-refractivity contribution in [2.75, 3.05) is 13.6 Å². The minimum atomic E-state index is -0.0834. The Bertz CT molecular complexity index is 560. The van der Waals surface area contributed by atoms with Gasteiger partial charge in [0.15, 0.2) is 6.21 Å². The molecular formula is C24H44N+. The Morgan fingerprint density at radius 1 is 0.920 bits per heavy atom. The topological polar surface area (TPSA) is 3.01 Å². The third-order valence-electron chi connectivity index (χ3n) is 5.71. The summed E-state index contributed by atoms with van der Waals surface area (Å²) in [4.78, 5) is 0. The lowest BCUT2D eigenvalue weighted by atomic mass is 9.62. The minimum Gasteiger partial charge on any atom is -0.239 e. The summed E-state index contributed by atoms with van der Waals surface area (Å²) in [5.74, 6) is 7.69. The van der Waals surface area contributed by atoms with Crippen LogP contribution in [-0.4, -0.2) is 24.4 Å². The molecule has 0 saturated heterocycles. The summed E-state index contributed by atoms with van der Waals surface area (Å²) in [5, 5.41) is 0. The van der Waals surface area contributed by atoms with E-state index in [0.717, 1.165) is 6.54 Å². The van der Waals surface area contributed by atoms with E-state index in [-0.39, 0.29) is 21.7 Å². The highest BCUT2D eigenvalue weighted by atomic mass is 14.9. The maximum atomic E-state index is 3.68. The van der Waals surface area contributed by atoms with E-state index in [1.807, 2.05) is 0 Å². The fraction of sp³-hybridized carbons (Fsp3) is 0.792. The van der Waals surface area contributed by atoms with Crippen LogP contribution in [0.15, 0.2) is 11.6 Å². The van der Waals surface area contributed by atoms with Crippen LogP contribution in [0.2, 0.25) is 0 Å². The summed E-state index contributed by atoms with van der Waals surface area (Å²) in [7, 11) is 2.12. The van der Waals surface area contributed by atoms with Crippen LogP contribution < -0.4 is 0 Å². The highest BCUT2D eigenvalue weighted by Gasteiger charge is 2.39. The molecule has 0 spiro atoms. The summed E-state index contributed by atoms with van der Waals surface area (Å²) in [5.41, 5.74) is 1.62. The Balaban J connectivity index is 6.01. The second kappa shape index (κ2) is 8.11. The molecule has 0 aromatic rings. The third kappa shape index (κ3) is 7.01. The standard InChI is InChI=1S/C24H44N/c1-14-25(13)18-15-19(2)20(21(3,4)5)23(9,10)16-17-24(11,12)22(6,7)8/h15,18,20H,14H2,1-13H3/q+1. The van der Waals surface area contributed by atoms with Gasteiger partial charge in [0.05, 0.1) is 0 Å². The summed E-state index contributed by atoms with van der Waals surface area (Å²) in [6.07, 6.45) is 4.47. The van der Waals surface area contributed by atoms with Crippen molar-refractivity contribution < 1.29 is 4.58 Å². The fourth-order valence-corrected chi connectivity index (χ4v) is 3.36. The van der Waals surface area contributed by atoms with Crippen LogP contribution in [0.25, 0.3) is 0 Å². The maximum Gasteiger partial charge on any atom is 0.163 e. The first-order valence-corrected chi connectivity index (χ1v) is 9.72. The first-order valence-electron chi connectivity index (χ1n) is 9.72. The van der Waals surface area contributed by atoms with E-state index in [1.54, 1.807) is 0 Å². The molecule has 1 unspecified atom stereocenters. The maximum absolute atomic E-state index is 3.68. The van der Waals surface area contributed by atoms with Gasteiger partial charge in [-0.15, -0.1) is 0 Å². The fourth-order valence-electron chi connectivity index (χ4n) is 3.36. The van der Waals surface area contributed by atoms with Crippen LogP contribution in [0, 0.1) is 39.4 Å². The van der Waals surface area contributed by atoms with Crippen molar-refractivity contribution in [2.45, 2.75) is 83.1 Å². The second-order valence-corrected chi connectivity index (χ2v) is 10.8. The van der Waals surface area contributed by atoms with E-state index in [4.69, 9.17) is 0 Å². The lowest BCUT2D eigenvalue weighted by molar-refractivity contribution is -0.487. The molecular weight excluding hydrogens is 302 g/mol. The molecule has 0 aromatic carbocycles. The molecule has 0 heterocycles. The molecule has 1 nitrogen and oxygen atoms in total. The average molecular weight is 347 g/mol. The zero-order chi connectivity index (χ0) is 20.3. The summed E-state index contributed by atoms with van der Waals surface area (Å²) in [6.45, 7) is 28.4. The number of allylic oxidation sites excluding steroid dienone is 2. The highest BCUT2D eigenvalue weighted by molar-refractivity contribution is 5.67. The Morgan fingerprint density at radius 3 is 1.76 bits per heavy atom. The zero-order valence-electron chi connectivity index (χ0n) is 19.4. The predicted octanol–water partition coefficient (Wildman–Crippen LogP) is 6.43. The number of hydrogen-bond acceptors (Lipinski definition) is 0. The van der Waals surface area contributed by atoms with Gasteiger partial charge in [-0.2, -0.15) is 0 Å². The zero-order valence-corrected chi connectivity index (χ0v) is 19.4. The molecule has 0 saturated carbocycles. The molecule has 0 aliphatic rings. The van der Waals surface area contributed by atoms with Gasteiger partial charge in [-0.3, -0.25) is 0 Å². The van der Waals surface area contributed by atoms with Gasteiger partial charge in [0.25, 0.3) is 0 Å². The van der Waals surface area contributed by atoms with Crippen molar-refractivity contribution in [2.24, 2.45) is 27.6 Å². The van der Waals surface area contributed by atoms with Crippen LogP contribution in [0.3, 0.4) is 0 Å². The van der Waals surface area contributed by atoms with E-state index in [9.17, 15) is 0 Å². The molecule has 0 aliphatic heterocycles. The highest BCUT2D eigenvalue weighted by Crippen LogP contribution is 2.45. The SMILES string of the molecule is CC[N+](C)=CC=C(C)C(C(C)(C)C)C(C)(C)C#CC(C)(C)C(C)(C)C. The lowest BCUT2D eigenvalue weighted by Crippen LogP contribution is -2.35. The van der Waals surface area contributed by atoms with Crippen molar-refractivity contribution in [3.8, 4) is 11.8 Å². The van der Waals surface area contributed by atoms with Gasteiger partial charge in [-0.1, -0.05) is 59.0 Å². The molecule has 0 aromatic heterocycles. The quantitative estimate of drug-likeness (QED) is 0.313. The molecule has 0 fully saturated rings. The monoisotopic (exact) mass is 346 g/mol. The summed E-state index contributed by atoms with van der Waals surface area (Å²) in [6, 6.07) is 0. The van der Waals surface area contributed by atoms with Crippen LogP contribution in [-0.2, 0) is 0 Å². The van der Waals surface area contributed by atoms with Crippen molar-refractivity contribution in [3.63, 3.8) is 0 Å². The lowest BCUT2D eigenvalue weighted by Gasteiger charge is -2.41. The first-order chi connectivity index (χ1) is 11.0. The van der Waals surface area contributed by atoms with E-state index < -0.39 is 0 Å². The van der Waals surface area contributed by atoms with Gasteiger partial charge in [0, 0.05) is 22.8 Å². The van der Waals surface area contributed by atoms with E-state index >= 15 is 0 Å². The Labute approximate surface area is 159 Å². The molecule has 0 amide bonds. The van der Waals surface area contributed by atoms with Crippen molar-refractivity contribution in [1.82, 2.24) is 0 Å². The van der Waals surface area contributed by atoms with Gasteiger partial charge in [-0.05, 0) is 52.4 Å². The molecule has 1 atom stereocenters. The average Bonchev–Trinajstić information content (AvgIpc) is 2.39. The van der Waals surface area contributed by atoms with Crippen molar-refractivity contribution >= 4 is 6.21 Å². The minimum absolute atomic E-state index is 0.0150. The van der Waals surface area contributed by atoms with Gasteiger partial charge in [0.2, 0.25) is 0 Å². The largest absolute Gasteiger partial charge is 0.239 e. The van der Waals surface area contributed by atoms with Crippen LogP contribution in [0.4, 0.5) is 0 Å². The normalized spacial score (nSPS) is 16.4. The molecule has 0 aliphatic carbocycles. The molecule has 0 bridgehead atoms. The third-order valence-corrected chi connectivity index (χ3v) is 5.71. The van der Waals surface area contributed by atoms with Crippen LogP contribution in [0.5, 0.6) is 0 Å². The van der Waals surface area contributed by atoms with Gasteiger partial charge < -0.3 is 0 Å². The van der Waals surface area contributed by atoms with E-state index in [0.29, 0.717) is 5.92 Å². The molecule has 144 valence electrons. The molecule has 1 heteroatoms. The number of nitrogens with zero attached hydrogens (tertiary/aromatic N) is 1. The molecule has 0 N–H and O–H groups in total. The van der Waals surface area contributed by atoms with Gasteiger partial charge in [0.1, 0.15) is 13.6 Å². The number of rotatable bonds is 4. The predicted molar refractivity (Wildman–Crippen MR) is 114 cm³/mol. The van der Waals surface area contributed by atoms with E-state index in [2.05, 4.69) is 119 Å². The Morgan fingerprint density at radius 2 is 1.40 bits per heavy atom. The van der Waals surface area contributed by atoms with Crippen molar-refractivity contribution in [1.29, 1.82) is 0 Å². The first kappa shape index (κ1) is 24.0. The van der Waals surface area contributed by atoms with E-state index in [1.165, 1.54) is 5.57 Å². The van der Waals surface area contributed by atoms with Crippen molar-refractivity contribution in [3.05, 3.63) is 11.6 Å².